The zero-order valence-electron chi connectivity index (χ0n) is 4.46. The van der Waals surface area contributed by atoms with Gasteiger partial charge in [0.15, 0.2) is 0 Å². The van der Waals surface area contributed by atoms with Gasteiger partial charge in [0.05, 0.1) is 0 Å². The Morgan fingerprint density at radius 1 is 1.78 bits per heavy atom. The number of aromatic nitrogens is 2. The fourth-order valence-corrected chi connectivity index (χ4v) is 0.432. The van der Waals surface area contributed by atoms with Gasteiger partial charge in [0, 0.05) is 6.20 Å². The van der Waals surface area contributed by atoms with Crippen LogP contribution in [-0.2, 0) is 0 Å². The Labute approximate surface area is 50.8 Å². The molecule has 0 aliphatic carbocycles. The molecule has 0 saturated carbocycles. The van der Waals surface area contributed by atoms with E-state index in [1.54, 1.807) is 6.07 Å². The molecule has 0 unspecified atom stereocenters. The van der Waals surface area contributed by atoms with E-state index in [1.165, 1.54) is 12.3 Å². The molecule has 1 rings (SSSR count). The summed E-state index contributed by atoms with van der Waals surface area (Å²) in [4.78, 5) is 10.5. The van der Waals surface area contributed by atoms with Gasteiger partial charge in [0.25, 0.3) is 5.56 Å². The van der Waals surface area contributed by atoms with Crippen molar-refractivity contribution >= 4 is 0 Å². The summed E-state index contributed by atoms with van der Waals surface area (Å²) in [7, 11) is 0. The van der Waals surface area contributed by atoms with Crippen LogP contribution in [0.1, 0.15) is 5.56 Å². The number of aromatic amines is 1. The van der Waals surface area contributed by atoms with Crippen LogP contribution in [0.5, 0.6) is 0 Å². The molecule has 1 heterocycles. The first kappa shape index (κ1) is 5.51. The maximum atomic E-state index is 10.5. The second-order valence-corrected chi connectivity index (χ2v) is 1.41. The van der Waals surface area contributed by atoms with Crippen molar-refractivity contribution in [1.82, 2.24) is 10.2 Å². The number of nitriles is 1. The van der Waals surface area contributed by atoms with Crippen molar-refractivity contribution in [1.29, 1.82) is 5.26 Å². The number of nitrogens with one attached hydrogen (secondary N) is 1. The summed E-state index contributed by atoms with van der Waals surface area (Å²) >= 11 is 0. The quantitative estimate of drug-likeness (QED) is 0.509. The molecule has 9 heavy (non-hydrogen) atoms. The summed E-state index contributed by atoms with van der Waals surface area (Å²) in [5.74, 6) is 0. The average molecular weight is 121 g/mol. The molecule has 0 radical (unpaired) electrons. The van der Waals surface area contributed by atoms with E-state index in [2.05, 4.69) is 10.2 Å². The molecule has 1 N–H and O–H groups in total. The van der Waals surface area contributed by atoms with Gasteiger partial charge in [-0.3, -0.25) is 4.79 Å². The van der Waals surface area contributed by atoms with Gasteiger partial charge in [-0.15, -0.1) is 0 Å². The van der Waals surface area contributed by atoms with Gasteiger partial charge in [0.1, 0.15) is 11.6 Å². The summed E-state index contributed by atoms with van der Waals surface area (Å²) < 4.78 is 0. The fraction of sp³-hybridized carbons (Fsp3) is 0. The highest BCUT2D eigenvalue weighted by Gasteiger charge is 1.91. The molecule has 1 aromatic heterocycles. The van der Waals surface area contributed by atoms with Crippen LogP contribution >= 0.6 is 0 Å². The van der Waals surface area contributed by atoms with E-state index >= 15 is 0 Å². The third-order valence-corrected chi connectivity index (χ3v) is 0.847. The van der Waals surface area contributed by atoms with Crippen molar-refractivity contribution in [3.63, 3.8) is 0 Å². The zero-order chi connectivity index (χ0) is 6.69. The Morgan fingerprint density at radius 2 is 2.56 bits per heavy atom. The molecular formula is C5H3N3O. The SMILES string of the molecule is N#Cc1ccn[nH]c1=O. The van der Waals surface area contributed by atoms with E-state index in [-0.39, 0.29) is 5.56 Å². The summed E-state index contributed by atoms with van der Waals surface area (Å²) in [6.07, 6.45) is 1.36. The van der Waals surface area contributed by atoms with Crippen molar-refractivity contribution in [2.24, 2.45) is 0 Å². The third-order valence-electron chi connectivity index (χ3n) is 0.847. The van der Waals surface area contributed by atoms with Crippen molar-refractivity contribution in [3.8, 4) is 6.07 Å². The van der Waals surface area contributed by atoms with Crippen LogP contribution in [0.3, 0.4) is 0 Å². The van der Waals surface area contributed by atoms with Gasteiger partial charge in [-0.1, -0.05) is 0 Å². The number of hydrogen-bond donors (Lipinski definition) is 1. The van der Waals surface area contributed by atoms with Gasteiger partial charge >= 0.3 is 0 Å². The van der Waals surface area contributed by atoms with Crippen LogP contribution in [-0.4, -0.2) is 10.2 Å². The minimum atomic E-state index is -0.444. The summed E-state index contributed by atoms with van der Waals surface area (Å²) in [5, 5.41) is 13.7. The Hall–Kier alpha value is -1.63. The van der Waals surface area contributed by atoms with E-state index in [0.717, 1.165) is 0 Å². The molecule has 0 atom stereocenters. The lowest BCUT2D eigenvalue weighted by Crippen LogP contribution is -2.09. The minimum Gasteiger partial charge on any atom is -0.267 e. The summed E-state index contributed by atoms with van der Waals surface area (Å²) in [6, 6.07) is 3.07. The highest BCUT2D eigenvalue weighted by Crippen LogP contribution is 1.79. The molecule has 0 fully saturated rings. The van der Waals surface area contributed by atoms with Crippen LogP contribution in [0.4, 0.5) is 0 Å². The molecule has 4 heteroatoms. The maximum Gasteiger partial charge on any atom is 0.282 e. The number of H-pyrrole nitrogens is 1. The minimum absolute atomic E-state index is 0.0880. The number of nitrogens with zero attached hydrogens (tertiary/aromatic N) is 2. The predicted octanol–water partition coefficient (Wildman–Crippen LogP) is -0.358. The van der Waals surface area contributed by atoms with Crippen LogP contribution in [0.25, 0.3) is 0 Å². The lowest BCUT2D eigenvalue weighted by molar-refractivity contribution is 0.980. The normalized spacial score (nSPS) is 8.33. The highest BCUT2D eigenvalue weighted by atomic mass is 16.1. The van der Waals surface area contributed by atoms with E-state index in [1.807, 2.05) is 0 Å². The summed E-state index contributed by atoms with van der Waals surface area (Å²) in [6.45, 7) is 0. The molecule has 4 nitrogen and oxygen atoms in total. The lowest BCUT2D eigenvalue weighted by atomic mass is 10.3. The second kappa shape index (κ2) is 2.09. The molecule has 0 saturated heterocycles. The molecule has 0 amide bonds. The monoisotopic (exact) mass is 121 g/mol. The first-order valence-electron chi connectivity index (χ1n) is 2.28. The molecule has 0 aliphatic heterocycles. The van der Waals surface area contributed by atoms with Gasteiger partial charge in [0.2, 0.25) is 0 Å². The van der Waals surface area contributed by atoms with Gasteiger partial charge in [-0.2, -0.15) is 10.4 Å². The third kappa shape index (κ3) is 0.941. The molecule has 1 aromatic rings. The molecule has 44 valence electrons. The molecular weight excluding hydrogens is 118 g/mol. The van der Waals surface area contributed by atoms with Crippen LogP contribution in [0.15, 0.2) is 17.1 Å². The average Bonchev–Trinajstić information content (AvgIpc) is 1.89. The Bertz CT molecular complexity index is 296. The van der Waals surface area contributed by atoms with Crippen LogP contribution in [0, 0.1) is 11.3 Å². The molecule has 0 aromatic carbocycles. The lowest BCUT2D eigenvalue weighted by Gasteiger charge is -1.80. The van der Waals surface area contributed by atoms with E-state index in [4.69, 9.17) is 5.26 Å². The number of hydrogen-bond acceptors (Lipinski definition) is 3. The van der Waals surface area contributed by atoms with Gasteiger partial charge in [-0.05, 0) is 6.07 Å². The van der Waals surface area contributed by atoms with E-state index < -0.39 is 5.56 Å². The Balaban J connectivity index is 3.38. The molecule has 0 aliphatic rings. The summed E-state index contributed by atoms with van der Waals surface area (Å²) in [5.41, 5.74) is -0.356. The van der Waals surface area contributed by atoms with Crippen LogP contribution < -0.4 is 5.56 Å². The highest BCUT2D eigenvalue weighted by molar-refractivity contribution is 5.22. The molecule has 0 spiro atoms. The first-order chi connectivity index (χ1) is 4.34. The predicted molar refractivity (Wildman–Crippen MR) is 29.6 cm³/mol. The smallest absolute Gasteiger partial charge is 0.267 e. The maximum absolute atomic E-state index is 10.5. The van der Waals surface area contributed by atoms with Gasteiger partial charge < -0.3 is 0 Å². The van der Waals surface area contributed by atoms with Crippen molar-refractivity contribution in [3.05, 3.63) is 28.2 Å². The van der Waals surface area contributed by atoms with E-state index in [0.29, 0.717) is 0 Å². The fourth-order valence-electron chi connectivity index (χ4n) is 0.432. The standard InChI is InChI=1S/C5H3N3O/c6-3-4-1-2-7-8-5(4)9/h1-2H,(H,8,9). The topological polar surface area (TPSA) is 69.5 Å². The van der Waals surface area contributed by atoms with Crippen molar-refractivity contribution in [2.45, 2.75) is 0 Å². The van der Waals surface area contributed by atoms with E-state index in [9.17, 15) is 4.79 Å². The van der Waals surface area contributed by atoms with Crippen molar-refractivity contribution in [2.75, 3.05) is 0 Å². The van der Waals surface area contributed by atoms with Crippen LogP contribution in [0.2, 0.25) is 0 Å². The van der Waals surface area contributed by atoms with Crippen molar-refractivity contribution < 1.29 is 0 Å². The first-order valence-corrected chi connectivity index (χ1v) is 2.28. The number of rotatable bonds is 0. The van der Waals surface area contributed by atoms with Gasteiger partial charge in [-0.25, -0.2) is 5.10 Å². The molecule has 0 bridgehead atoms. The largest absolute Gasteiger partial charge is 0.282 e. The Morgan fingerprint density at radius 3 is 3.00 bits per heavy atom. The zero-order valence-corrected chi connectivity index (χ0v) is 4.46. The second-order valence-electron chi connectivity index (χ2n) is 1.41. The Kier molecular flexibility index (Phi) is 1.28.